The van der Waals surface area contributed by atoms with Crippen LogP contribution in [0, 0.1) is 0 Å². The Balaban J connectivity index is 2.22. The van der Waals surface area contributed by atoms with Crippen molar-refractivity contribution in [3.8, 4) is 0 Å². The fourth-order valence-corrected chi connectivity index (χ4v) is 2.42. The maximum atomic E-state index is 12.4. The molecule has 0 unspecified atom stereocenters. The van der Waals surface area contributed by atoms with Crippen LogP contribution in [0.2, 0.25) is 5.02 Å². The minimum absolute atomic E-state index is 0.169. The van der Waals surface area contributed by atoms with Gasteiger partial charge in [0.2, 0.25) is 0 Å². The lowest BCUT2D eigenvalue weighted by Gasteiger charge is -2.12. The third-order valence-electron chi connectivity index (χ3n) is 2.94. The Labute approximate surface area is 137 Å². The van der Waals surface area contributed by atoms with E-state index >= 15 is 0 Å². The Bertz CT molecular complexity index is 646. The second-order valence-electron chi connectivity index (χ2n) is 4.53. The molecule has 0 heterocycles. The molecule has 21 heavy (non-hydrogen) atoms. The van der Waals surface area contributed by atoms with E-state index in [0.717, 1.165) is 18.7 Å². The van der Waals surface area contributed by atoms with Gasteiger partial charge in [-0.3, -0.25) is 4.79 Å². The summed E-state index contributed by atoms with van der Waals surface area (Å²) in [5, 5.41) is 6.69. The van der Waals surface area contributed by atoms with Gasteiger partial charge in [0.25, 0.3) is 5.91 Å². The van der Waals surface area contributed by atoms with Crippen molar-refractivity contribution in [1.82, 2.24) is 0 Å². The van der Waals surface area contributed by atoms with Crippen LogP contribution < -0.4 is 10.6 Å². The highest BCUT2D eigenvalue weighted by Crippen LogP contribution is 2.30. The zero-order chi connectivity index (χ0) is 15.2. The molecule has 110 valence electrons. The molecule has 0 fully saturated rings. The quantitative estimate of drug-likeness (QED) is 0.765. The average Bonchev–Trinajstić information content (AvgIpc) is 2.50. The molecular weight excluding hydrogens is 352 g/mol. The standard InChI is InChI=1S/C16H16BrClN2O/c1-2-10-19-13-8-4-3-6-11(13)16(21)20-14-9-5-7-12(18)15(14)17/h3-9,19H,2,10H2,1H3,(H,20,21). The van der Waals surface area contributed by atoms with E-state index in [4.69, 9.17) is 11.6 Å². The summed E-state index contributed by atoms with van der Waals surface area (Å²) in [4.78, 5) is 12.4. The number of carbonyl (C=O) groups excluding carboxylic acids is 1. The molecule has 0 bridgehead atoms. The smallest absolute Gasteiger partial charge is 0.257 e. The van der Waals surface area contributed by atoms with E-state index in [1.54, 1.807) is 24.3 Å². The van der Waals surface area contributed by atoms with Crippen LogP contribution in [0.25, 0.3) is 0 Å². The van der Waals surface area contributed by atoms with E-state index in [1.807, 2.05) is 18.2 Å². The summed E-state index contributed by atoms with van der Waals surface area (Å²) in [5.41, 5.74) is 2.09. The third-order valence-corrected chi connectivity index (χ3v) is 4.33. The molecule has 5 heteroatoms. The van der Waals surface area contributed by atoms with E-state index in [1.165, 1.54) is 0 Å². The molecule has 1 amide bonds. The predicted octanol–water partition coefficient (Wildman–Crippen LogP) is 5.18. The second-order valence-corrected chi connectivity index (χ2v) is 5.73. The summed E-state index contributed by atoms with van der Waals surface area (Å²) in [6.07, 6.45) is 0.996. The molecule has 2 N–H and O–H groups in total. The van der Waals surface area contributed by atoms with E-state index < -0.39 is 0 Å². The van der Waals surface area contributed by atoms with Crippen LogP contribution in [0.4, 0.5) is 11.4 Å². The predicted molar refractivity (Wildman–Crippen MR) is 92.3 cm³/mol. The summed E-state index contributed by atoms with van der Waals surface area (Å²) in [5.74, 6) is -0.169. The van der Waals surface area contributed by atoms with Crippen molar-refractivity contribution in [3.63, 3.8) is 0 Å². The molecule has 0 aromatic heterocycles. The Morgan fingerprint density at radius 3 is 2.62 bits per heavy atom. The van der Waals surface area contributed by atoms with Gasteiger partial charge in [-0.2, -0.15) is 0 Å². The number of halogens is 2. The first-order valence-electron chi connectivity index (χ1n) is 6.71. The summed E-state index contributed by atoms with van der Waals surface area (Å²) in [7, 11) is 0. The first-order chi connectivity index (χ1) is 10.1. The summed E-state index contributed by atoms with van der Waals surface area (Å²) in [6.45, 7) is 2.91. The lowest BCUT2D eigenvalue weighted by atomic mass is 10.1. The van der Waals surface area contributed by atoms with Crippen LogP contribution in [0.1, 0.15) is 23.7 Å². The number of hydrogen-bond donors (Lipinski definition) is 2. The number of carbonyl (C=O) groups is 1. The number of para-hydroxylation sites is 1. The molecule has 2 aromatic carbocycles. The van der Waals surface area contributed by atoms with Gasteiger partial charge in [0, 0.05) is 12.2 Å². The Hall–Kier alpha value is -1.52. The van der Waals surface area contributed by atoms with Gasteiger partial charge in [0.1, 0.15) is 0 Å². The van der Waals surface area contributed by atoms with Gasteiger partial charge in [-0.15, -0.1) is 0 Å². The van der Waals surface area contributed by atoms with Crippen molar-refractivity contribution < 1.29 is 4.79 Å². The number of anilines is 2. The average molecular weight is 368 g/mol. The highest BCUT2D eigenvalue weighted by Gasteiger charge is 2.13. The van der Waals surface area contributed by atoms with Crippen LogP contribution in [0.15, 0.2) is 46.9 Å². The molecule has 3 nitrogen and oxygen atoms in total. The van der Waals surface area contributed by atoms with Crippen molar-refractivity contribution >= 4 is 44.8 Å². The van der Waals surface area contributed by atoms with Crippen molar-refractivity contribution in [2.45, 2.75) is 13.3 Å². The van der Waals surface area contributed by atoms with E-state index in [0.29, 0.717) is 20.7 Å². The van der Waals surface area contributed by atoms with Gasteiger partial charge in [0.05, 0.1) is 20.7 Å². The monoisotopic (exact) mass is 366 g/mol. The Morgan fingerprint density at radius 2 is 1.86 bits per heavy atom. The summed E-state index contributed by atoms with van der Waals surface area (Å²) < 4.78 is 0.680. The van der Waals surface area contributed by atoms with Crippen molar-refractivity contribution in [3.05, 3.63) is 57.5 Å². The molecule has 0 aliphatic rings. The van der Waals surface area contributed by atoms with Gasteiger partial charge in [-0.25, -0.2) is 0 Å². The lowest BCUT2D eigenvalue weighted by Crippen LogP contribution is -2.15. The first kappa shape index (κ1) is 15.9. The molecule has 0 radical (unpaired) electrons. The van der Waals surface area contributed by atoms with Gasteiger partial charge in [0.15, 0.2) is 0 Å². The minimum Gasteiger partial charge on any atom is -0.384 e. The fraction of sp³-hybridized carbons (Fsp3) is 0.188. The van der Waals surface area contributed by atoms with Crippen molar-refractivity contribution in [2.24, 2.45) is 0 Å². The van der Waals surface area contributed by atoms with Gasteiger partial charge in [-0.1, -0.05) is 36.7 Å². The Kier molecular flexibility index (Phi) is 5.65. The molecule has 0 aliphatic carbocycles. The van der Waals surface area contributed by atoms with E-state index in [9.17, 15) is 4.79 Å². The van der Waals surface area contributed by atoms with E-state index in [-0.39, 0.29) is 5.91 Å². The number of hydrogen-bond acceptors (Lipinski definition) is 2. The van der Waals surface area contributed by atoms with Crippen LogP contribution in [-0.2, 0) is 0 Å². The molecule has 0 aliphatic heterocycles. The maximum absolute atomic E-state index is 12.4. The molecule has 2 aromatic rings. The number of rotatable bonds is 5. The van der Waals surface area contributed by atoms with Crippen LogP contribution in [-0.4, -0.2) is 12.5 Å². The lowest BCUT2D eigenvalue weighted by molar-refractivity contribution is 0.102. The topological polar surface area (TPSA) is 41.1 Å². The number of nitrogens with one attached hydrogen (secondary N) is 2. The number of amides is 1. The zero-order valence-corrected chi connectivity index (χ0v) is 14.0. The van der Waals surface area contributed by atoms with Gasteiger partial charge >= 0.3 is 0 Å². The highest BCUT2D eigenvalue weighted by atomic mass is 79.9. The molecule has 0 atom stereocenters. The largest absolute Gasteiger partial charge is 0.384 e. The van der Waals surface area contributed by atoms with E-state index in [2.05, 4.69) is 33.5 Å². The van der Waals surface area contributed by atoms with Crippen molar-refractivity contribution in [1.29, 1.82) is 0 Å². The molecule has 0 saturated heterocycles. The van der Waals surface area contributed by atoms with Gasteiger partial charge in [-0.05, 0) is 46.6 Å². The summed E-state index contributed by atoms with van der Waals surface area (Å²) in [6, 6.07) is 12.8. The van der Waals surface area contributed by atoms with Gasteiger partial charge < -0.3 is 10.6 Å². The Morgan fingerprint density at radius 1 is 1.14 bits per heavy atom. The zero-order valence-electron chi connectivity index (χ0n) is 11.6. The van der Waals surface area contributed by atoms with Crippen molar-refractivity contribution in [2.75, 3.05) is 17.2 Å². The van der Waals surface area contributed by atoms with Crippen LogP contribution in [0.5, 0.6) is 0 Å². The maximum Gasteiger partial charge on any atom is 0.257 e. The SMILES string of the molecule is CCCNc1ccccc1C(=O)Nc1cccc(Cl)c1Br. The molecule has 0 saturated carbocycles. The molecular formula is C16H16BrClN2O. The minimum atomic E-state index is -0.169. The normalized spacial score (nSPS) is 10.2. The number of benzene rings is 2. The molecule has 0 spiro atoms. The molecule has 2 rings (SSSR count). The third kappa shape index (κ3) is 3.99. The first-order valence-corrected chi connectivity index (χ1v) is 7.89. The van der Waals surface area contributed by atoms with Crippen LogP contribution >= 0.6 is 27.5 Å². The van der Waals surface area contributed by atoms with Crippen LogP contribution in [0.3, 0.4) is 0 Å². The second kappa shape index (κ2) is 7.48. The highest BCUT2D eigenvalue weighted by molar-refractivity contribution is 9.10. The fourth-order valence-electron chi connectivity index (χ4n) is 1.88. The summed E-state index contributed by atoms with van der Waals surface area (Å²) >= 11 is 9.41.